The molecule has 2 saturated heterocycles. The first kappa shape index (κ1) is 18.8. The fraction of sp³-hybridized carbons (Fsp3) is 0.579. The van der Waals surface area contributed by atoms with E-state index in [0.717, 1.165) is 24.9 Å². The van der Waals surface area contributed by atoms with Crippen LogP contribution < -0.4 is 9.64 Å². The number of ether oxygens (including phenoxy) is 1. The number of nitrogens with zero attached hydrogens (tertiary/aromatic N) is 4. The molecule has 2 atom stereocenters. The molecule has 3 heterocycles. The highest BCUT2D eigenvalue weighted by Gasteiger charge is 2.49. The van der Waals surface area contributed by atoms with Gasteiger partial charge in [-0.05, 0) is 53.9 Å². The molecular weight excluding hydrogens is 418 g/mol. The van der Waals surface area contributed by atoms with Crippen molar-refractivity contribution >= 4 is 32.7 Å². The lowest BCUT2D eigenvalue weighted by molar-refractivity contribution is 0.107. The Morgan fingerprint density at radius 2 is 2.19 bits per heavy atom. The van der Waals surface area contributed by atoms with Crippen LogP contribution in [0, 0.1) is 12.7 Å². The third-order valence-corrected chi connectivity index (χ3v) is 6.64. The zero-order chi connectivity index (χ0) is 19.3. The van der Waals surface area contributed by atoms with Gasteiger partial charge in [-0.15, -0.1) is 0 Å². The molecule has 0 N–H and O–H groups in total. The Morgan fingerprint density at radius 1 is 1.41 bits per heavy atom. The highest BCUT2D eigenvalue weighted by Crippen LogP contribution is 2.40. The average Bonchev–Trinajstić information content (AvgIpc) is 3.13. The van der Waals surface area contributed by atoms with E-state index in [1.165, 1.54) is 0 Å². The van der Waals surface area contributed by atoms with Gasteiger partial charge in [0.05, 0.1) is 10.0 Å². The molecule has 0 amide bonds. The second-order valence-electron chi connectivity index (χ2n) is 7.81. The van der Waals surface area contributed by atoms with Crippen molar-refractivity contribution < 1.29 is 13.5 Å². The fourth-order valence-corrected chi connectivity index (χ4v) is 4.65. The predicted octanol–water partition coefficient (Wildman–Crippen LogP) is 3.86. The van der Waals surface area contributed by atoms with E-state index in [2.05, 4.69) is 30.8 Å². The van der Waals surface area contributed by atoms with E-state index in [4.69, 9.17) is 4.74 Å². The maximum atomic E-state index is 14.8. The van der Waals surface area contributed by atoms with Gasteiger partial charge in [0.25, 0.3) is 0 Å². The molecule has 2 aliphatic heterocycles. The van der Waals surface area contributed by atoms with Gasteiger partial charge < -0.3 is 9.64 Å². The Bertz CT molecular complexity index is 894. The minimum Gasteiger partial charge on any atom is -0.461 e. The summed E-state index contributed by atoms with van der Waals surface area (Å²) in [6, 6.07) is 1.99. The molecule has 1 aromatic heterocycles. The largest absolute Gasteiger partial charge is 0.461 e. The predicted molar refractivity (Wildman–Crippen MR) is 105 cm³/mol. The van der Waals surface area contributed by atoms with Crippen LogP contribution in [0.1, 0.15) is 24.8 Å². The van der Waals surface area contributed by atoms with Crippen molar-refractivity contribution in [2.24, 2.45) is 0 Å². The molecule has 4 rings (SSSR count). The van der Waals surface area contributed by atoms with Crippen molar-refractivity contribution in [1.29, 1.82) is 0 Å². The standard InChI is InChI=1S/C19H23BrF2N4O/c1-11-7-13-16(15(22)14(11)20)23-18(24-17(13)25(2)3)27-10-19-5-4-6-26(19)9-12(21)8-19/h7,12H,4-6,8-10H2,1-3H3/t12-,19+/m1/s1. The van der Waals surface area contributed by atoms with E-state index >= 15 is 0 Å². The third kappa shape index (κ3) is 3.16. The number of alkyl halides is 1. The number of rotatable bonds is 4. The number of anilines is 1. The second kappa shape index (κ2) is 6.81. The van der Waals surface area contributed by atoms with Crippen LogP contribution in [-0.2, 0) is 0 Å². The zero-order valence-electron chi connectivity index (χ0n) is 15.7. The lowest BCUT2D eigenvalue weighted by Gasteiger charge is -2.31. The zero-order valence-corrected chi connectivity index (χ0v) is 17.3. The number of fused-ring (bicyclic) bond motifs is 2. The summed E-state index contributed by atoms with van der Waals surface area (Å²) in [7, 11) is 3.70. The van der Waals surface area contributed by atoms with Crippen LogP contribution in [0.3, 0.4) is 0 Å². The van der Waals surface area contributed by atoms with Gasteiger partial charge in [0.1, 0.15) is 24.1 Å². The summed E-state index contributed by atoms with van der Waals surface area (Å²) in [5.41, 5.74) is 0.708. The molecule has 27 heavy (non-hydrogen) atoms. The van der Waals surface area contributed by atoms with E-state index in [1.54, 1.807) is 0 Å². The second-order valence-corrected chi connectivity index (χ2v) is 8.60. The van der Waals surface area contributed by atoms with Crippen LogP contribution in [0.2, 0.25) is 0 Å². The van der Waals surface area contributed by atoms with Gasteiger partial charge >= 0.3 is 6.01 Å². The number of aryl methyl sites for hydroxylation is 1. The number of hydrogen-bond donors (Lipinski definition) is 0. The van der Waals surface area contributed by atoms with Crippen LogP contribution in [0.5, 0.6) is 6.01 Å². The van der Waals surface area contributed by atoms with Gasteiger partial charge in [0.15, 0.2) is 5.82 Å². The molecule has 8 heteroatoms. The first-order chi connectivity index (χ1) is 12.8. The van der Waals surface area contributed by atoms with Crippen molar-refractivity contribution in [2.75, 3.05) is 38.7 Å². The lowest BCUT2D eigenvalue weighted by Crippen LogP contribution is -2.43. The summed E-state index contributed by atoms with van der Waals surface area (Å²) in [6.07, 6.45) is 1.60. The Labute approximate surface area is 165 Å². The van der Waals surface area contributed by atoms with E-state index in [0.29, 0.717) is 35.2 Å². The van der Waals surface area contributed by atoms with E-state index < -0.39 is 12.0 Å². The van der Waals surface area contributed by atoms with Crippen molar-refractivity contribution in [3.63, 3.8) is 0 Å². The first-order valence-corrected chi connectivity index (χ1v) is 9.96. The Kier molecular flexibility index (Phi) is 4.74. The van der Waals surface area contributed by atoms with E-state index in [9.17, 15) is 8.78 Å². The number of hydrogen-bond acceptors (Lipinski definition) is 5. The monoisotopic (exact) mass is 440 g/mol. The molecule has 5 nitrogen and oxygen atoms in total. The third-order valence-electron chi connectivity index (χ3n) is 5.67. The minimum atomic E-state index is -0.819. The molecule has 0 spiro atoms. The average molecular weight is 441 g/mol. The molecule has 0 saturated carbocycles. The topological polar surface area (TPSA) is 41.5 Å². The summed E-state index contributed by atoms with van der Waals surface area (Å²) >= 11 is 3.28. The molecule has 146 valence electrons. The normalized spacial score (nSPS) is 25.2. The van der Waals surface area contributed by atoms with Gasteiger partial charge in [-0.1, -0.05) is 0 Å². The van der Waals surface area contributed by atoms with Gasteiger partial charge in [0.2, 0.25) is 0 Å². The van der Waals surface area contributed by atoms with Crippen molar-refractivity contribution in [1.82, 2.24) is 14.9 Å². The number of benzene rings is 1. The highest BCUT2D eigenvalue weighted by molar-refractivity contribution is 9.10. The summed E-state index contributed by atoms with van der Waals surface area (Å²) in [4.78, 5) is 12.8. The van der Waals surface area contributed by atoms with E-state index in [-0.39, 0.29) is 17.1 Å². The van der Waals surface area contributed by atoms with Crippen molar-refractivity contribution in [3.05, 3.63) is 21.9 Å². The molecule has 0 radical (unpaired) electrons. The van der Waals surface area contributed by atoms with Crippen LogP contribution in [0.25, 0.3) is 10.9 Å². The number of halogens is 3. The molecule has 0 unspecified atom stereocenters. The minimum absolute atomic E-state index is 0.129. The van der Waals surface area contributed by atoms with Gasteiger partial charge in [-0.3, -0.25) is 4.90 Å². The number of aromatic nitrogens is 2. The molecule has 2 fully saturated rings. The van der Waals surface area contributed by atoms with Crippen molar-refractivity contribution in [2.45, 2.75) is 37.9 Å². The molecule has 1 aromatic carbocycles. The van der Waals surface area contributed by atoms with Crippen LogP contribution in [-0.4, -0.2) is 60.4 Å². The molecular formula is C19H23BrF2N4O. The van der Waals surface area contributed by atoms with E-state index in [1.807, 2.05) is 32.0 Å². The van der Waals surface area contributed by atoms with Gasteiger partial charge in [0, 0.05) is 32.4 Å². The lowest BCUT2D eigenvalue weighted by atomic mass is 9.95. The summed E-state index contributed by atoms with van der Waals surface area (Å²) in [5.74, 6) is 0.172. The highest BCUT2D eigenvalue weighted by atomic mass is 79.9. The Balaban J connectivity index is 1.70. The Morgan fingerprint density at radius 3 is 2.93 bits per heavy atom. The maximum absolute atomic E-state index is 14.8. The summed E-state index contributed by atoms with van der Waals surface area (Å²) < 4.78 is 35.1. The first-order valence-electron chi connectivity index (χ1n) is 9.16. The summed E-state index contributed by atoms with van der Waals surface area (Å²) in [5, 5.41) is 0.635. The van der Waals surface area contributed by atoms with Gasteiger partial charge in [-0.2, -0.15) is 9.97 Å². The molecule has 0 aliphatic carbocycles. The quantitative estimate of drug-likeness (QED) is 0.721. The molecule has 2 aliphatic rings. The van der Waals surface area contributed by atoms with Crippen LogP contribution in [0.4, 0.5) is 14.6 Å². The molecule has 2 aromatic rings. The fourth-order valence-electron chi connectivity index (χ4n) is 4.35. The summed E-state index contributed by atoms with van der Waals surface area (Å²) in [6.45, 7) is 3.51. The SMILES string of the molecule is Cc1cc2c(N(C)C)nc(OC[C@@]34CCCN3C[C@H](F)C4)nc2c(F)c1Br. The Hall–Kier alpha value is -1.54. The smallest absolute Gasteiger partial charge is 0.319 e. The maximum Gasteiger partial charge on any atom is 0.319 e. The van der Waals surface area contributed by atoms with Crippen molar-refractivity contribution in [3.8, 4) is 6.01 Å². The van der Waals surface area contributed by atoms with Gasteiger partial charge in [-0.25, -0.2) is 8.78 Å². The van der Waals surface area contributed by atoms with Crippen LogP contribution >= 0.6 is 15.9 Å². The molecule has 0 bridgehead atoms. The van der Waals surface area contributed by atoms with Crippen LogP contribution in [0.15, 0.2) is 10.5 Å².